The molecular weight excluding hydrogens is 158 g/mol. The van der Waals surface area contributed by atoms with Crippen molar-refractivity contribution in [2.24, 2.45) is 0 Å². The summed E-state index contributed by atoms with van der Waals surface area (Å²) in [5, 5.41) is 0.495. The summed E-state index contributed by atoms with van der Waals surface area (Å²) in [5.74, 6) is 0.669. The number of pyridine rings is 1. The molecule has 1 nitrogen and oxygen atoms in total. The van der Waals surface area contributed by atoms with Crippen molar-refractivity contribution in [3.05, 3.63) is 29.0 Å². The fourth-order valence-corrected chi connectivity index (χ4v) is 1.47. The minimum absolute atomic E-state index is 0.495. The molecular formula is C9H9ClN. The summed E-state index contributed by atoms with van der Waals surface area (Å²) >= 11 is 5.70. The normalized spacial score (nSPS) is 17.9. The highest BCUT2D eigenvalue weighted by Crippen LogP contribution is 2.35. The molecule has 11 heavy (non-hydrogen) atoms. The number of aromatic nitrogens is 1. The van der Waals surface area contributed by atoms with Crippen molar-refractivity contribution in [2.45, 2.75) is 25.2 Å². The Hall–Kier alpha value is -0.560. The highest BCUT2D eigenvalue weighted by atomic mass is 35.5. The van der Waals surface area contributed by atoms with E-state index >= 15 is 0 Å². The Kier molecular flexibility index (Phi) is 1.82. The van der Waals surface area contributed by atoms with E-state index in [9.17, 15) is 0 Å². The standard InChI is InChI=1S/C9H9ClN/c10-9-6-2-5-8(11-9)7-3-1-4-7/h2,5,7H,1,3-4H2. The number of halogens is 1. The molecule has 0 atom stereocenters. The van der Waals surface area contributed by atoms with Gasteiger partial charge in [-0.3, -0.25) is 0 Å². The second-order valence-electron chi connectivity index (χ2n) is 2.93. The van der Waals surface area contributed by atoms with Crippen molar-refractivity contribution in [1.29, 1.82) is 0 Å². The van der Waals surface area contributed by atoms with Crippen molar-refractivity contribution in [3.8, 4) is 0 Å². The summed E-state index contributed by atoms with van der Waals surface area (Å²) in [6.45, 7) is 0. The van der Waals surface area contributed by atoms with Gasteiger partial charge in [0.05, 0.1) is 0 Å². The van der Waals surface area contributed by atoms with E-state index in [4.69, 9.17) is 11.6 Å². The molecule has 2 rings (SSSR count). The molecule has 1 aromatic rings. The molecule has 1 aliphatic carbocycles. The summed E-state index contributed by atoms with van der Waals surface area (Å²) in [5.41, 5.74) is 1.14. The fourth-order valence-electron chi connectivity index (χ4n) is 1.31. The lowest BCUT2D eigenvalue weighted by atomic mass is 9.83. The van der Waals surface area contributed by atoms with E-state index in [1.165, 1.54) is 19.3 Å². The Morgan fingerprint density at radius 1 is 1.55 bits per heavy atom. The number of rotatable bonds is 1. The first kappa shape index (κ1) is 7.11. The Balaban J connectivity index is 2.23. The van der Waals surface area contributed by atoms with E-state index in [2.05, 4.69) is 11.1 Å². The quantitative estimate of drug-likeness (QED) is 0.585. The van der Waals surface area contributed by atoms with Gasteiger partial charge in [-0.2, -0.15) is 0 Å². The number of hydrogen-bond donors (Lipinski definition) is 0. The van der Waals surface area contributed by atoms with Gasteiger partial charge in [0.2, 0.25) is 0 Å². The van der Waals surface area contributed by atoms with Gasteiger partial charge in [0, 0.05) is 17.7 Å². The van der Waals surface area contributed by atoms with Crippen LogP contribution in [-0.4, -0.2) is 4.98 Å². The van der Waals surface area contributed by atoms with E-state index in [0.29, 0.717) is 11.1 Å². The molecule has 1 saturated carbocycles. The lowest BCUT2D eigenvalue weighted by Gasteiger charge is -2.24. The Morgan fingerprint density at radius 2 is 2.36 bits per heavy atom. The largest absolute Gasteiger partial charge is 0.240 e. The van der Waals surface area contributed by atoms with Gasteiger partial charge in [-0.05, 0) is 25.0 Å². The zero-order valence-electron chi connectivity index (χ0n) is 6.18. The van der Waals surface area contributed by atoms with E-state index in [0.717, 1.165) is 5.69 Å². The minimum Gasteiger partial charge on any atom is -0.240 e. The van der Waals surface area contributed by atoms with Gasteiger partial charge in [-0.15, -0.1) is 0 Å². The first-order valence-electron chi connectivity index (χ1n) is 3.90. The topological polar surface area (TPSA) is 12.9 Å². The summed E-state index contributed by atoms with van der Waals surface area (Å²) in [6.07, 6.45) is 3.88. The predicted octanol–water partition coefficient (Wildman–Crippen LogP) is 2.80. The average molecular weight is 167 g/mol. The van der Waals surface area contributed by atoms with Crippen LogP contribution in [0.25, 0.3) is 0 Å². The maximum atomic E-state index is 5.70. The summed E-state index contributed by atoms with van der Waals surface area (Å²) in [4.78, 5) is 4.21. The summed E-state index contributed by atoms with van der Waals surface area (Å²) < 4.78 is 0. The first-order chi connectivity index (χ1) is 5.36. The SMILES string of the molecule is Clc1[c]ccc(C2CCC2)n1. The van der Waals surface area contributed by atoms with Gasteiger partial charge in [-0.1, -0.05) is 18.0 Å². The van der Waals surface area contributed by atoms with Crippen molar-refractivity contribution < 1.29 is 0 Å². The van der Waals surface area contributed by atoms with Crippen LogP contribution in [0.5, 0.6) is 0 Å². The molecule has 1 fully saturated rings. The molecule has 1 aliphatic rings. The van der Waals surface area contributed by atoms with Gasteiger partial charge in [0.15, 0.2) is 0 Å². The Labute approximate surface area is 71.4 Å². The highest BCUT2D eigenvalue weighted by molar-refractivity contribution is 6.29. The number of nitrogens with zero attached hydrogens (tertiary/aromatic N) is 1. The van der Waals surface area contributed by atoms with Crippen LogP contribution in [0.1, 0.15) is 30.9 Å². The van der Waals surface area contributed by atoms with Crippen LogP contribution in [0, 0.1) is 6.07 Å². The van der Waals surface area contributed by atoms with E-state index < -0.39 is 0 Å². The maximum absolute atomic E-state index is 5.70. The third-order valence-corrected chi connectivity index (χ3v) is 2.40. The van der Waals surface area contributed by atoms with Crippen molar-refractivity contribution in [1.82, 2.24) is 4.98 Å². The van der Waals surface area contributed by atoms with E-state index in [-0.39, 0.29) is 0 Å². The van der Waals surface area contributed by atoms with Gasteiger partial charge in [0.1, 0.15) is 5.15 Å². The van der Waals surface area contributed by atoms with Gasteiger partial charge in [-0.25, -0.2) is 4.98 Å². The molecule has 57 valence electrons. The Morgan fingerprint density at radius 3 is 2.91 bits per heavy atom. The number of hydrogen-bond acceptors (Lipinski definition) is 1. The molecule has 0 spiro atoms. The van der Waals surface area contributed by atoms with Crippen LogP contribution in [0.15, 0.2) is 12.1 Å². The lowest BCUT2D eigenvalue weighted by molar-refractivity contribution is 0.411. The molecule has 0 N–H and O–H groups in total. The molecule has 2 heteroatoms. The Bertz CT molecular complexity index is 255. The van der Waals surface area contributed by atoms with Gasteiger partial charge >= 0.3 is 0 Å². The molecule has 0 aliphatic heterocycles. The van der Waals surface area contributed by atoms with Crippen LogP contribution in [0.3, 0.4) is 0 Å². The fraction of sp³-hybridized carbons (Fsp3) is 0.444. The molecule has 1 radical (unpaired) electrons. The average Bonchev–Trinajstić information content (AvgIpc) is 1.83. The third kappa shape index (κ3) is 1.38. The van der Waals surface area contributed by atoms with Gasteiger partial charge in [0.25, 0.3) is 0 Å². The van der Waals surface area contributed by atoms with Crippen LogP contribution < -0.4 is 0 Å². The van der Waals surface area contributed by atoms with Crippen molar-refractivity contribution in [3.63, 3.8) is 0 Å². The van der Waals surface area contributed by atoms with Crippen LogP contribution in [-0.2, 0) is 0 Å². The highest BCUT2D eigenvalue weighted by Gasteiger charge is 2.20. The predicted molar refractivity (Wildman–Crippen MR) is 44.7 cm³/mol. The van der Waals surface area contributed by atoms with Crippen LogP contribution in [0.2, 0.25) is 5.15 Å². The zero-order chi connectivity index (χ0) is 7.68. The molecule has 0 amide bonds. The van der Waals surface area contributed by atoms with Crippen molar-refractivity contribution >= 4 is 11.6 Å². The summed E-state index contributed by atoms with van der Waals surface area (Å²) in [7, 11) is 0. The lowest BCUT2D eigenvalue weighted by Crippen LogP contribution is -2.10. The first-order valence-corrected chi connectivity index (χ1v) is 4.28. The van der Waals surface area contributed by atoms with Gasteiger partial charge < -0.3 is 0 Å². The molecule has 1 aromatic heterocycles. The van der Waals surface area contributed by atoms with Crippen LogP contribution >= 0.6 is 11.6 Å². The van der Waals surface area contributed by atoms with E-state index in [1.807, 2.05) is 12.1 Å². The maximum Gasteiger partial charge on any atom is 0.137 e. The van der Waals surface area contributed by atoms with Crippen LogP contribution in [0.4, 0.5) is 0 Å². The molecule has 0 aromatic carbocycles. The van der Waals surface area contributed by atoms with Crippen molar-refractivity contribution in [2.75, 3.05) is 0 Å². The smallest absolute Gasteiger partial charge is 0.137 e. The molecule has 1 heterocycles. The van der Waals surface area contributed by atoms with E-state index in [1.54, 1.807) is 0 Å². The summed E-state index contributed by atoms with van der Waals surface area (Å²) in [6, 6.07) is 6.69. The molecule has 0 unspecified atom stereocenters. The molecule has 0 saturated heterocycles. The second-order valence-corrected chi connectivity index (χ2v) is 3.29. The minimum atomic E-state index is 0.495. The third-order valence-electron chi connectivity index (χ3n) is 2.21. The molecule has 0 bridgehead atoms. The zero-order valence-corrected chi connectivity index (χ0v) is 6.93. The monoisotopic (exact) mass is 166 g/mol. The second kappa shape index (κ2) is 2.82.